The van der Waals surface area contributed by atoms with Gasteiger partial charge >= 0.3 is 17.9 Å². The van der Waals surface area contributed by atoms with Gasteiger partial charge in [-0.15, -0.1) is 0 Å². The molecule has 1 spiro atoms. The van der Waals surface area contributed by atoms with Crippen LogP contribution in [-0.2, 0) is 64.9 Å². The number of benzene rings is 2. The molecule has 5 aliphatic heterocycles. The molecular weight excluding hydrogens is 1060 g/mol. The van der Waals surface area contributed by atoms with Crippen LogP contribution < -0.4 is 20.3 Å². The number of H-pyrrole nitrogens is 1. The van der Waals surface area contributed by atoms with Crippen LogP contribution in [0.2, 0.25) is 0 Å². The normalized spacial score (nSPS) is 31.0. The van der Waals surface area contributed by atoms with Crippen molar-refractivity contribution in [3.63, 3.8) is 0 Å². The number of anilines is 1. The Hall–Kier alpha value is -5.65. The lowest BCUT2D eigenvalue weighted by atomic mass is 9.47. The number of hydrogen-bond donors (Lipinski definition) is 7. The van der Waals surface area contributed by atoms with E-state index < -0.39 is 87.8 Å². The molecule has 7 N–H and O–H groups in total. The monoisotopic (exact) mass is 1140 g/mol. The Morgan fingerprint density at radius 2 is 1.72 bits per heavy atom. The Kier molecular flexibility index (Phi) is 18.2. The van der Waals surface area contributed by atoms with Crippen LogP contribution in [0.15, 0.2) is 48.6 Å². The van der Waals surface area contributed by atoms with Gasteiger partial charge in [-0.1, -0.05) is 51.1 Å². The molecule has 2 aromatic carbocycles. The highest BCUT2D eigenvalue weighted by atomic mass is 16.7. The summed E-state index contributed by atoms with van der Waals surface area (Å²) >= 11 is 0. The smallest absolute Gasteiger partial charge is 0.328 e. The third-order valence-electron chi connectivity index (χ3n) is 19.2. The van der Waals surface area contributed by atoms with Crippen LogP contribution in [0.5, 0.6) is 5.75 Å². The van der Waals surface area contributed by atoms with Crippen LogP contribution in [0, 0.1) is 11.3 Å². The van der Waals surface area contributed by atoms with Crippen LogP contribution in [0.1, 0.15) is 114 Å². The summed E-state index contributed by atoms with van der Waals surface area (Å²) in [5, 5.41) is 54.6. The molecule has 82 heavy (non-hydrogen) atoms. The number of carbonyl (C=O) groups is 5. The largest absolute Gasteiger partial charge is 0.496 e. The molecule has 1 aromatic heterocycles. The van der Waals surface area contributed by atoms with Crippen LogP contribution in [-0.4, -0.2) is 200 Å². The minimum atomic E-state index is -2.42. The number of amides is 2. The Morgan fingerprint density at radius 3 is 2.43 bits per heavy atom. The fraction of sp³-hybridized carbons (Fsp3) is 0.656. The summed E-state index contributed by atoms with van der Waals surface area (Å²) < 4.78 is 33.9. The number of aromatic amines is 1. The molecule has 1 saturated carbocycles. The van der Waals surface area contributed by atoms with Crippen molar-refractivity contribution in [1.82, 2.24) is 25.4 Å². The molecular formula is C61H86N6O15. The van der Waals surface area contributed by atoms with E-state index in [1.165, 1.54) is 21.1 Å². The zero-order valence-electron chi connectivity index (χ0n) is 48.9. The van der Waals surface area contributed by atoms with E-state index in [1.54, 1.807) is 7.11 Å². The van der Waals surface area contributed by atoms with Gasteiger partial charge in [0.1, 0.15) is 29.9 Å². The summed E-state index contributed by atoms with van der Waals surface area (Å²) in [6.07, 6.45) is 4.61. The molecule has 2 amide bonds. The molecule has 2 bridgehead atoms. The van der Waals surface area contributed by atoms with E-state index >= 15 is 9.59 Å². The molecule has 2 saturated heterocycles. The molecule has 7 unspecified atom stereocenters. The number of aliphatic hydroxyl groups excluding tert-OH is 2. The highest BCUT2D eigenvalue weighted by molar-refractivity contribution is 5.95. The van der Waals surface area contributed by atoms with Crippen molar-refractivity contribution in [1.29, 1.82) is 0 Å². The van der Waals surface area contributed by atoms with Gasteiger partial charge in [-0.05, 0) is 100 Å². The molecule has 13 atom stereocenters. The molecule has 21 heteroatoms. The maximum Gasteiger partial charge on any atom is 0.328 e. The second-order valence-corrected chi connectivity index (χ2v) is 23.7. The Morgan fingerprint density at radius 1 is 0.939 bits per heavy atom. The number of aliphatic hydroxyl groups is 4. The van der Waals surface area contributed by atoms with Crippen molar-refractivity contribution in [2.24, 2.45) is 11.3 Å². The lowest BCUT2D eigenvalue weighted by Gasteiger charge is -2.63. The maximum absolute atomic E-state index is 15.5. The topological polar surface area (TPSA) is 271 Å². The van der Waals surface area contributed by atoms with E-state index in [-0.39, 0.29) is 70.4 Å². The molecule has 0 radical (unpaired) electrons. The molecule has 3 fully saturated rings. The second-order valence-electron chi connectivity index (χ2n) is 23.7. The predicted molar refractivity (Wildman–Crippen MR) is 303 cm³/mol. The molecule has 9 rings (SSSR count). The molecule has 6 aliphatic rings. The summed E-state index contributed by atoms with van der Waals surface area (Å²) in [4.78, 5) is 79.2. The summed E-state index contributed by atoms with van der Waals surface area (Å²) in [6, 6.07) is 9.63. The Labute approximate surface area is 480 Å². The number of hydrogen-bond acceptors (Lipinski definition) is 18. The molecule has 450 valence electrons. The lowest BCUT2D eigenvalue weighted by Crippen LogP contribution is -2.81. The zero-order chi connectivity index (χ0) is 58.9. The van der Waals surface area contributed by atoms with E-state index in [4.69, 9.17) is 28.4 Å². The van der Waals surface area contributed by atoms with Crippen molar-refractivity contribution in [2.75, 3.05) is 92.4 Å². The highest BCUT2D eigenvalue weighted by Crippen LogP contribution is 2.67. The van der Waals surface area contributed by atoms with Crippen LogP contribution >= 0.6 is 0 Å². The first-order valence-corrected chi connectivity index (χ1v) is 29.4. The molecule has 6 heterocycles. The van der Waals surface area contributed by atoms with Crippen molar-refractivity contribution >= 4 is 46.3 Å². The number of likely N-dealkylation sites (N-methyl/N-ethyl adjacent to an activating group) is 1. The van der Waals surface area contributed by atoms with E-state index in [2.05, 4.69) is 37.6 Å². The van der Waals surface area contributed by atoms with Crippen LogP contribution in [0.4, 0.5) is 5.69 Å². The average Bonchev–Trinajstić information content (AvgIpc) is 3.18. The molecule has 1 aliphatic carbocycles. The van der Waals surface area contributed by atoms with E-state index in [9.17, 15) is 34.8 Å². The number of carbonyl (C=O) groups excluding carboxylic acids is 5. The van der Waals surface area contributed by atoms with Crippen LogP contribution in [0.25, 0.3) is 10.9 Å². The fourth-order valence-electron chi connectivity index (χ4n) is 15.4. The molecule has 3 aromatic rings. The van der Waals surface area contributed by atoms with Crippen molar-refractivity contribution in [3.8, 4) is 5.75 Å². The summed E-state index contributed by atoms with van der Waals surface area (Å²) in [6.45, 7) is 9.80. The predicted octanol–water partition coefficient (Wildman–Crippen LogP) is 3.27. The minimum absolute atomic E-state index is 0.0328. The number of fused-ring (bicyclic) bond motifs is 6. The van der Waals surface area contributed by atoms with Gasteiger partial charge in [0.25, 0.3) is 5.91 Å². The number of rotatable bonds is 23. The van der Waals surface area contributed by atoms with Crippen LogP contribution in [0.3, 0.4) is 0 Å². The number of nitrogens with one attached hydrogen (secondary N) is 3. The number of methoxy groups -OCH3 is 3. The first-order chi connectivity index (χ1) is 39.3. The van der Waals surface area contributed by atoms with E-state index in [0.717, 1.165) is 22.0 Å². The number of ether oxygens (including phenoxy) is 6. The fourth-order valence-corrected chi connectivity index (χ4v) is 15.4. The van der Waals surface area contributed by atoms with Gasteiger partial charge in [0.05, 0.1) is 45.2 Å². The SMILES string of the molecule is CCC(CO)OC(COC(=O)CCCC(=O)N[C@H](C)C(=O)OCCCNC(=O)[C@]1(O)C2N(C)c3cc(OC)c([C@@]4(C(=O)OC)CC5CN(CCc6c4[nH]c4ccccc64)CC(O)(CC)C5)cc3[C@@]23CCN2CC=C[C@](CC)(C23)[C@H]1O)OC. The zero-order valence-corrected chi connectivity index (χ0v) is 48.9. The summed E-state index contributed by atoms with van der Waals surface area (Å²) in [7, 11) is 6.22. The van der Waals surface area contributed by atoms with Gasteiger partial charge in [-0.3, -0.25) is 29.0 Å². The number of aromatic nitrogens is 1. The van der Waals surface area contributed by atoms with Gasteiger partial charge in [0.15, 0.2) is 11.9 Å². The summed E-state index contributed by atoms with van der Waals surface area (Å²) in [5.74, 6) is -2.75. The van der Waals surface area contributed by atoms with Crippen molar-refractivity contribution in [3.05, 3.63) is 70.9 Å². The highest BCUT2D eigenvalue weighted by Gasteiger charge is 2.78. The molecule has 21 nitrogen and oxygen atoms in total. The van der Waals surface area contributed by atoms with Crippen molar-refractivity contribution < 1.29 is 72.8 Å². The quantitative estimate of drug-likeness (QED) is 0.0236. The number of esters is 3. The average molecular weight is 1140 g/mol. The Bertz CT molecular complexity index is 2880. The van der Waals surface area contributed by atoms with Gasteiger partial charge in [0, 0.05) is 111 Å². The summed E-state index contributed by atoms with van der Waals surface area (Å²) in [5.41, 5.74) is -2.33. The number of para-hydroxylation sites is 1. The maximum atomic E-state index is 15.5. The van der Waals surface area contributed by atoms with Crippen molar-refractivity contribution in [2.45, 2.75) is 157 Å². The second kappa shape index (κ2) is 24.5. The first-order valence-electron chi connectivity index (χ1n) is 29.4. The minimum Gasteiger partial charge on any atom is -0.496 e. The first kappa shape index (κ1) is 60.9. The van der Waals surface area contributed by atoms with E-state index in [0.29, 0.717) is 93.9 Å². The number of nitrogens with zero attached hydrogens (tertiary/aromatic N) is 3. The third kappa shape index (κ3) is 10.5. The number of piperidine rings is 1. The van der Waals surface area contributed by atoms with E-state index in [1.807, 2.05) is 69.1 Å². The van der Waals surface area contributed by atoms with Gasteiger partial charge in [-0.2, -0.15) is 0 Å². The standard InChI is InChI=1S/C61H86N6O15/c1-9-39(34-68)82-49(78-7)35-81-48(70)20-14-19-47(69)63-37(4)51(71)80-28-16-24-62-55(73)61(76)53-59(23-27-67-25-15-22-58(11-3,52(59)67)54(61)72)42-29-43(46(77-6)30-45(42)65(53)5)60(56(74)79-8)32-38-31-57(75,10-2)36-66(33-38)26-21-41-40-17-12-13-18-44(40)64-50(41)60/h12-13,15,17-18,22,29-30,37-39,49,52-54,64,68,72,75-76H,9-11,14,16,19-21,23-28,31-36H2,1-8H3,(H,62,73)(H,63,69)/t37-,38?,39?,49?,52?,53?,54-,57?,58-,59-,60+,61+/m1/s1. The van der Waals surface area contributed by atoms with Gasteiger partial charge < -0.3 is 69.4 Å². The Balaban J connectivity index is 0.962. The van der Waals surface area contributed by atoms with Gasteiger partial charge in [0.2, 0.25) is 5.91 Å². The van der Waals surface area contributed by atoms with Gasteiger partial charge in [-0.25, -0.2) is 4.79 Å². The lowest BCUT2D eigenvalue weighted by molar-refractivity contribution is -0.203. The third-order valence-corrected chi connectivity index (χ3v) is 19.2.